The number of rotatable bonds is 4. The predicted octanol–water partition coefficient (Wildman–Crippen LogP) is 0.327. The van der Waals surface area contributed by atoms with Crippen molar-refractivity contribution < 1.29 is 19.5 Å². The van der Waals surface area contributed by atoms with E-state index in [1.807, 2.05) is 0 Å². The molecule has 1 rings (SSSR count). The first kappa shape index (κ1) is 14.0. The molecule has 0 fully saturated rings. The number of imide groups is 1. The van der Waals surface area contributed by atoms with E-state index in [2.05, 4.69) is 15.6 Å². The number of urea groups is 1. The van der Waals surface area contributed by atoms with E-state index in [-0.39, 0.29) is 16.3 Å². The Bertz CT molecular complexity index is 478. The van der Waals surface area contributed by atoms with Crippen molar-refractivity contribution in [2.24, 2.45) is 0 Å². The average molecular weight is 269 g/mol. The maximum atomic E-state index is 11.3. The number of aromatic nitrogens is 1. The summed E-state index contributed by atoms with van der Waals surface area (Å²) in [4.78, 5) is 36.9. The maximum absolute atomic E-state index is 11.3. The van der Waals surface area contributed by atoms with Gasteiger partial charge in [-0.15, -0.1) is 0 Å². The summed E-state index contributed by atoms with van der Waals surface area (Å²) < 4.78 is 0. The van der Waals surface area contributed by atoms with E-state index in [0.717, 1.165) is 11.8 Å². The maximum Gasteiger partial charge on any atom is 0.338 e. The number of carbonyl (C=O) groups excluding carboxylic acids is 2. The average Bonchev–Trinajstić information content (AvgIpc) is 2.36. The lowest BCUT2D eigenvalue weighted by Gasteiger charge is -2.04. The molecule has 0 aliphatic carbocycles. The van der Waals surface area contributed by atoms with Gasteiger partial charge in [0, 0.05) is 13.2 Å². The third-order valence-electron chi connectivity index (χ3n) is 1.82. The van der Waals surface area contributed by atoms with Crippen LogP contribution in [0.5, 0.6) is 0 Å². The van der Waals surface area contributed by atoms with Gasteiger partial charge in [0.2, 0.25) is 5.91 Å². The van der Waals surface area contributed by atoms with Crippen molar-refractivity contribution in [1.82, 2.24) is 15.6 Å². The Morgan fingerprint density at radius 3 is 2.78 bits per heavy atom. The van der Waals surface area contributed by atoms with Crippen LogP contribution in [0.15, 0.2) is 23.4 Å². The second kappa shape index (κ2) is 6.60. The number of nitrogens with one attached hydrogen (secondary N) is 2. The number of thioether (sulfide) groups is 1. The number of nitrogens with zero attached hydrogens (tertiary/aromatic N) is 1. The molecule has 96 valence electrons. The van der Waals surface area contributed by atoms with Crippen LogP contribution in [-0.4, -0.2) is 40.8 Å². The minimum Gasteiger partial charge on any atom is -0.478 e. The van der Waals surface area contributed by atoms with Crippen LogP contribution in [0.3, 0.4) is 0 Å². The number of pyridine rings is 1. The quantitative estimate of drug-likeness (QED) is 0.680. The molecular formula is C10H11N3O4S. The molecule has 0 atom stereocenters. The molecule has 1 aromatic rings. The van der Waals surface area contributed by atoms with Gasteiger partial charge in [-0.3, -0.25) is 10.1 Å². The largest absolute Gasteiger partial charge is 0.478 e. The third kappa shape index (κ3) is 4.06. The van der Waals surface area contributed by atoms with Gasteiger partial charge in [-0.1, -0.05) is 11.8 Å². The normalized spacial score (nSPS) is 9.61. The number of hydrogen-bond acceptors (Lipinski definition) is 5. The van der Waals surface area contributed by atoms with Gasteiger partial charge in [0.05, 0.1) is 11.3 Å². The second-order valence-corrected chi connectivity index (χ2v) is 4.04. The zero-order chi connectivity index (χ0) is 13.5. The molecule has 0 aliphatic rings. The molecular weight excluding hydrogens is 258 g/mol. The van der Waals surface area contributed by atoms with Gasteiger partial charge in [-0.05, 0) is 12.1 Å². The number of carboxylic acid groups (broad SMARTS) is 1. The van der Waals surface area contributed by atoms with Crippen molar-refractivity contribution in [3.05, 3.63) is 23.9 Å². The van der Waals surface area contributed by atoms with Crippen molar-refractivity contribution in [2.75, 3.05) is 12.8 Å². The summed E-state index contributed by atoms with van der Waals surface area (Å²) in [6.07, 6.45) is 1.44. The smallest absolute Gasteiger partial charge is 0.338 e. The molecule has 0 unspecified atom stereocenters. The second-order valence-electron chi connectivity index (χ2n) is 3.08. The van der Waals surface area contributed by atoms with Crippen LogP contribution in [0.25, 0.3) is 0 Å². The molecule has 3 N–H and O–H groups in total. The fourth-order valence-electron chi connectivity index (χ4n) is 1.03. The summed E-state index contributed by atoms with van der Waals surface area (Å²) in [7, 11) is 1.39. The first-order valence-corrected chi connectivity index (χ1v) is 5.86. The molecule has 0 bridgehead atoms. The van der Waals surface area contributed by atoms with Crippen LogP contribution in [-0.2, 0) is 4.79 Å². The first-order valence-electron chi connectivity index (χ1n) is 4.87. The molecule has 0 aliphatic heterocycles. The Kier molecular flexibility index (Phi) is 5.12. The van der Waals surface area contributed by atoms with Crippen molar-refractivity contribution >= 4 is 29.7 Å². The summed E-state index contributed by atoms with van der Waals surface area (Å²) in [6, 6.07) is 2.28. The van der Waals surface area contributed by atoms with Gasteiger partial charge in [0.15, 0.2) is 0 Å². The zero-order valence-corrected chi connectivity index (χ0v) is 10.3. The lowest BCUT2D eigenvalue weighted by molar-refractivity contribution is -0.117. The standard InChI is InChI=1S/C10H11N3O4S/c1-11-10(17)13-7(14)5-18-8-6(9(15)16)3-2-4-12-8/h2-4H,5H2,1H3,(H,15,16)(H2,11,13,14,17). The highest BCUT2D eigenvalue weighted by atomic mass is 32.2. The molecule has 0 spiro atoms. The van der Waals surface area contributed by atoms with Gasteiger partial charge < -0.3 is 10.4 Å². The first-order chi connectivity index (χ1) is 8.54. The SMILES string of the molecule is CNC(=O)NC(=O)CSc1ncccc1C(=O)O. The van der Waals surface area contributed by atoms with Gasteiger partial charge in [-0.25, -0.2) is 14.6 Å². The van der Waals surface area contributed by atoms with Crippen molar-refractivity contribution in [3.8, 4) is 0 Å². The van der Waals surface area contributed by atoms with Gasteiger partial charge in [0.25, 0.3) is 0 Å². The monoisotopic (exact) mass is 269 g/mol. The van der Waals surface area contributed by atoms with Crippen molar-refractivity contribution in [3.63, 3.8) is 0 Å². The van der Waals surface area contributed by atoms with E-state index in [1.54, 1.807) is 0 Å². The fraction of sp³-hybridized carbons (Fsp3) is 0.200. The Hall–Kier alpha value is -2.09. The lowest BCUT2D eigenvalue weighted by atomic mass is 10.3. The van der Waals surface area contributed by atoms with Gasteiger partial charge in [-0.2, -0.15) is 0 Å². The Morgan fingerprint density at radius 1 is 1.44 bits per heavy atom. The van der Waals surface area contributed by atoms with Gasteiger partial charge >= 0.3 is 12.0 Å². The number of aromatic carboxylic acids is 1. The van der Waals surface area contributed by atoms with E-state index in [9.17, 15) is 14.4 Å². The number of carbonyl (C=O) groups is 3. The minimum atomic E-state index is -1.11. The molecule has 1 heterocycles. The van der Waals surface area contributed by atoms with E-state index in [0.29, 0.717) is 0 Å². The number of hydrogen-bond donors (Lipinski definition) is 3. The van der Waals surface area contributed by atoms with Crippen LogP contribution in [0, 0.1) is 0 Å². The topological polar surface area (TPSA) is 108 Å². The van der Waals surface area contributed by atoms with Crippen LogP contribution in [0.4, 0.5) is 4.79 Å². The van der Waals surface area contributed by atoms with E-state index >= 15 is 0 Å². The molecule has 7 nitrogen and oxygen atoms in total. The fourth-order valence-corrected chi connectivity index (χ4v) is 1.81. The molecule has 0 saturated carbocycles. The summed E-state index contributed by atoms with van der Waals surface area (Å²) in [5.74, 6) is -1.73. The summed E-state index contributed by atoms with van der Waals surface area (Å²) >= 11 is 0.952. The summed E-state index contributed by atoms with van der Waals surface area (Å²) in [6.45, 7) is 0. The molecule has 0 saturated heterocycles. The zero-order valence-electron chi connectivity index (χ0n) is 9.47. The molecule has 0 aromatic carbocycles. The molecule has 8 heteroatoms. The lowest BCUT2D eigenvalue weighted by Crippen LogP contribution is -2.38. The Balaban J connectivity index is 2.61. The van der Waals surface area contributed by atoms with Crippen molar-refractivity contribution in [1.29, 1.82) is 0 Å². The summed E-state index contributed by atoms with van der Waals surface area (Å²) in [5.41, 5.74) is 0.0234. The van der Waals surface area contributed by atoms with E-state index in [4.69, 9.17) is 5.11 Å². The van der Waals surface area contributed by atoms with Crippen LogP contribution in [0.1, 0.15) is 10.4 Å². The van der Waals surface area contributed by atoms with Gasteiger partial charge in [0.1, 0.15) is 5.03 Å². The third-order valence-corrected chi connectivity index (χ3v) is 2.83. The molecule has 1 aromatic heterocycles. The van der Waals surface area contributed by atoms with E-state index < -0.39 is 17.9 Å². The number of amides is 3. The van der Waals surface area contributed by atoms with Crippen LogP contribution in [0.2, 0.25) is 0 Å². The Morgan fingerprint density at radius 2 is 2.17 bits per heavy atom. The Labute approximate surface area is 107 Å². The predicted molar refractivity (Wildman–Crippen MR) is 64.5 cm³/mol. The minimum absolute atomic E-state index is 0.0234. The highest BCUT2D eigenvalue weighted by Gasteiger charge is 2.13. The van der Waals surface area contributed by atoms with E-state index in [1.165, 1.54) is 25.4 Å². The highest BCUT2D eigenvalue weighted by molar-refractivity contribution is 8.00. The van der Waals surface area contributed by atoms with Crippen LogP contribution >= 0.6 is 11.8 Å². The van der Waals surface area contributed by atoms with Crippen molar-refractivity contribution in [2.45, 2.75) is 5.03 Å². The summed E-state index contributed by atoms with van der Waals surface area (Å²) in [5, 5.41) is 13.4. The van der Waals surface area contributed by atoms with Crippen LogP contribution < -0.4 is 10.6 Å². The molecule has 3 amide bonds. The molecule has 0 radical (unpaired) electrons. The molecule has 18 heavy (non-hydrogen) atoms. The number of carboxylic acids is 1. The highest BCUT2D eigenvalue weighted by Crippen LogP contribution is 2.19.